The number of ether oxygens (including phenoxy) is 2. The fraction of sp³-hybridized carbons (Fsp3) is 0.294. The monoisotopic (exact) mass is 412 g/mol. The smallest absolute Gasteiger partial charge is 0.0727 e. The quantitative estimate of drug-likeness (QED) is 0.544. The molecule has 0 aliphatic carbocycles. The molecule has 0 bridgehead atoms. The summed E-state index contributed by atoms with van der Waals surface area (Å²) >= 11 is 7.03. The van der Waals surface area contributed by atoms with E-state index in [1.54, 1.807) is 0 Å². The Bertz CT molecular complexity index is 508. The molecule has 2 aromatic rings. The lowest BCUT2D eigenvalue weighted by atomic mass is 10.2. The molecule has 112 valence electrons. The highest BCUT2D eigenvalue weighted by Crippen LogP contribution is 2.17. The van der Waals surface area contributed by atoms with E-state index in [4.69, 9.17) is 9.47 Å². The molecule has 0 N–H and O–H groups in total. The summed E-state index contributed by atoms with van der Waals surface area (Å²) in [6, 6.07) is 16.2. The molecule has 0 aromatic heterocycles. The third-order valence-corrected chi connectivity index (χ3v) is 4.56. The second kappa shape index (κ2) is 9.36. The largest absolute Gasteiger partial charge is 0.377 e. The zero-order valence-electron chi connectivity index (χ0n) is 11.7. The van der Waals surface area contributed by atoms with Crippen molar-refractivity contribution >= 4 is 31.9 Å². The Labute approximate surface area is 142 Å². The predicted octanol–water partition coefficient (Wildman–Crippen LogP) is 5.34. The van der Waals surface area contributed by atoms with Gasteiger partial charge in [0, 0.05) is 22.2 Å². The van der Waals surface area contributed by atoms with Crippen LogP contribution in [0, 0.1) is 0 Å². The van der Waals surface area contributed by atoms with Gasteiger partial charge in [-0.25, -0.2) is 0 Å². The Kier molecular flexibility index (Phi) is 7.44. The summed E-state index contributed by atoms with van der Waals surface area (Å²) in [6.07, 6.45) is 0.898. The van der Waals surface area contributed by atoms with Crippen molar-refractivity contribution in [1.29, 1.82) is 0 Å². The van der Waals surface area contributed by atoms with Gasteiger partial charge in [-0.3, -0.25) is 0 Å². The van der Waals surface area contributed by atoms with Crippen molar-refractivity contribution in [3.63, 3.8) is 0 Å². The van der Waals surface area contributed by atoms with E-state index in [-0.39, 0.29) is 0 Å². The zero-order chi connectivity index (χ0) is 14.9. The number of rotatable bonds is 8. The maximum Gasteiger partial charge on any atom is 0.0727 e. The van der Waals surface area contributed by atoms with Crippen molar-refractivity contribution in [3.05, 3.63) is 68.6 Å². The molecular weight excluding hydrogens is 396 g/mol. The van der Waals surface area contributed by atoms with Gasteiger partial charge in [-0.2, -0.15) is 0 Å². The van der Waals surface area contributed by atoms with Crippen molar-refractivity contribution in [2.75, 3.05) is 13.2 Å². The first-order chi connectivity index (χ1) is 10.3. The molecule has 0 unspecified atom stereocenters. The van der Waals surface area contributed by atoms with Crippen LogP contribution in [0.5, 0.6) is 0 Å². The van der Waals surface area contributed by atoms with Crippen LogP contribution < -0.4 is 0 Å². The lowest BCUT2D eigenvalue weighted by molar-refractivity contribution is 0.0692. The molecule has 0 radical (unpaired) electrons. The normalized spacial score (nSPS) is 10.8. The molecule has 2 rings (SSSR count). The van der Waals surface area contributed by atoms with Crippen LogP contribution in [0.3, 0.4) is 0 Å². The highest BCUT2D eigenvalue weighted by molar-refractivity contribution is 9.10. The standard InChI is InChI=1S/C17H18Br2O2/c18-16-8-3-1-6-14(16)12-20-10-5-11-21-13-15-7-2-4-9-17(15)19/h1-4,6-9H,5,10-13H2. The van der Waals surface area contributed by atoms with Crippen LogP contribution in [0.1, 0.15) is 17.5 Å². The first-order valence-electron chi connectivity index (χ1n) is 6.89. The second-order valence-corrected chi connectivity index (χ2v) is 6.35. The molecular formula is C17H18Br2O2. The van der Waals surface area contributed by atoms with Crippen molar-refractivity contribution < 1.29 is 9.47 Å². The van der Waals surface area contributed by atoms with Gasteiger partial charge < -0.3 is 9.47 Å². The van der Waals surface area contributed by atoms with E-state index in [0.717, 1.165) is 15.4 Å². The van der Waals surface area contributed by atoms with Crippen LogP contribution in [-0.4, -0.2) is 13.2 Å². The summed E-state index contributed by atoms with van der Waals surface area (Å²) in [5, 5.41) is 0. The Hall–Kier alpha value is -0.680. The summed E-state index contributed by atoms with van der Waals surface area (Å²) < 4.78 is 13.5. The van der Waals surface area contributed by atoms with Gasteiger partial charge in [-0.05, 0) is 29.7 Å². The van der Waals surface area contributed by atoms with E-state index < -0.39 is 0 Å². The van der Waals surface area contributed by atoms with Gasteiger partial charge in [-0.15, -0.1) is 0 Å². The maximum absolute atomic E-state index is 5.66. The number of hydrogen-bond acceptors (Lipinski definition) is 2. The molecule has 0 heterocycles. The maximum atomic E-state index is 5.66. The molecule has 0 aliphatic heterocycles. The van der Waals surface area contributed by atoms with Crippen molar-refractivity contribution in [1.82, 2.24) is 0 Å². The molecule has 0 amide bonds. The average Bonchev–Trinajstić information content (AvgIpc) is 2.50. The minimum absolute atomic E-state index is 0.631. The molecule has 0 saturated heterocycles. The predicted molar refractivity (Wildman–Crippen MR) is 92.2 cm³/mol. The molecule has 0 spiro atoms. The molecule has 0 fully saturated rings. The Morgan fingerprint density at radius 2 is 1.10 bits per heavy atom. The van der Waals surface area contributed by atoms with Crippen LogP contribution in [0.4, 0.5) is 0 Å². The minimum atomic E-state index is 0.631. The van der Waals surface area contributed by atoms with Crippen molar-refractivity contribution in [3.8, 4) is 0 Å². The van der Waals surface area contributed by atoms with Crippen LogP contribution in [-0.2, 0) is 22.7 Å². The van der Waals surface area contributed by atoms with Crippen molar-refractivity contribution in [2.45, 2.75) is 19.6 Å². The first kappa shape index (κ1) is 16.7. The van der Waals surface area contributed by atoms with Crippen LogP contribution in [0.25, 0.3) is 0 Å². The van der Waals surface area contributed by atoms with Gasteiger partial charge in [0.1, 0.15) is 0 Å². The van der Waals surface area contributed by atoms with Gasteiger partial charge in [0.25, 0.3) is 0 Å². The van der Waals surface area contributed by atoms with E-state index in [0.29, 0.717) is 26.4 Å². The van der Waals surface area contributed by atoms with E-state index in [2.05, 4.69) is 44.0 Å². The fourth-order valence-electron chi connectivity index (χ4n) is 1.86. The third kappa shape index (κ3) is 5.91. The van der Waals surface area contributed by atoms with Gasteiger partial charge in [0.2, 0.25) is 0 Å². The Morgan fingerprint density at radius 3 is 1.52 bits per heavy atom. The van der Waals surface area contributed by atoms with E-state index in [1.807, 2.05) is 36.4 Å². The molecule has 0 saturated carbocycles. The molecule has 4 heteroatoms. The average molecular weight is 414 g/mol. The summed E-state index contributed by atoms with van der Waals surface area (Å²) in [7, 11) is 0. The zero-order valence-corrected chi connectivity index (χ0v) is 14.9. The molecule has 21 heavy (non-hydrogen) atoms. The topological polar surface area (TPSA) is 18.5 Å². The van der Waals surface area contributed by atoms with Gasteiger partial charge in [0.15, 0.2) is 0 Å². The minimum Gasteiger partial charge on any atom is -0.377 e. The van der Waals surface area contributed by atoms with Gasteiger partial charge >= 0.3 is 0 Å². The van der Waals surface area contributed by atoms with Crippen LogP contribution >= 0.6 is 31.9 Å². The highest BCUT2D eigenvalue weighted by Gasteiger charge is 2.00. The second-order valence-electron chi connectivity index (χ2n) is 4.64. The summed E-state index contributed by atoms with van der Waals surface area (Å²) in [6.45, 7) is 2.67. The summed E-state index contributed by atoms with van der Waals surface area (Å²) in [5.74, 6) is 0. The van der Waals surface area contributed by atoms with Gasteiger partial charge in [0.05, 0.1) is 13.2 Å². The number of benzene rings is 2. The van der Waals surface area contributed by atoms with E-state index >= 15 is 0 Å². The van der Waals surface area contributed by atoms with Gasteiger partial charge in [-0.1, -0.05) is 68.3 Å². The van der Waals surface area contributed by atoms with Crippen LogP contribution in [0.2, 0.25) is 0 Å². The highest BCUT2D eigenvalue weighted by atomic mass is 79.9. The number of halogens is 2. The van der Waals surface area contributed by atoms with Crippen LogP contribution in [0.15, 0.2) is 57.5 Å². The molecule has 2 nitrogen and oxygen atoms in total. The lowest BCUT2D eigenvalue weighted by Crippen LogP contribution is -2.02. The third-order valence-electron chi connectivity index (χ3n) is 3.01. The number of hydrogen-bond donors (Lipinski definition) is 0. The van der Waals surface area contributed by atoms with E-state index in [9.17, 15) is 0 Å². The Balaban J connectivity index is 1.57. The lowest BCUT2D eigenvalue weighted by Gasteiger charge is -2.08. The first-order valence-corrected chi connectivity index (χ1v) is 8.48. The van der Waals surface area contributed by atoms with Crippen molar-refractivity contribution in [2.24, 2.45) is 0 Å². The summed E-state index contributed by atoms with van der Waals surface area (Å²) in [4.78, 5) is 0. The Morgan fingerprint density at radius 1 is 0.667 bits per heavy atom. The SMILES string of the molecule is Brc1ccccc1COCCCOCc1ccccc1Br. The summed E-state index contributed by atoms with van der Waals surface area (Å²) in [5.41, 5.74) is 2.35. The molecule has 2 aromatic carbocycles. The van der Waals surface area contributed by atoms with E-state index in [1.165, 1.54) is 11.1 Å². The fourth-order valence-corrected chi connectivity index (χ4v) is 2.66. The molecule has 0 atom stereocenters. The molecule has 0 aliphatic rings.